The number of methoxy groups -OCH3 is 1. The molecule has 11 heteroatoms. The molecule has 3 aromatic heterocycles. The van der Waals surface area contributed by atoms with Crippen molar-refractivity contribution in [3.8, 4) is 5.75 Å². The van der Waals surface area contributed by atoms with E-state index in [9.17, 15) is 8.78 Å². The van der Waals surface area contributed by atoms with Crippen LogP contribution in [0, 0.1) is 11.6 Å². The average molecular weight is 492 g/mol. The van der Waals surface area contributed by atoms with Gasteiger partial charge >= 0.3 is 0 Å². The summed E-state index contributed by atoms with van der Waals surface area (Å²) in [6.45, 7) is 1.60. The molecule has 2 atom stereocenters. The van der Waals surface area contributed by atoms with Crippen LogP contribution < -0.4 is 20.3 Å². The van der Waals surface area contributed by atoms with Gasteiger partial charge in [0, 0.05) is 36.8 Å². The van der Waals surface area contributed by atoms with Crippen LogP contribution in [0.4, 0.5) is 37.7 Å². The van der Waals surface area contributed by atoms with Crippen LogP contribution in [0.1, 0.15) is 12.8 Å². The Hall–Kier alpha value is -4.12. The molecule has 0 spiro atoms. The Bertz CT molecular complexity index is 1430. The third-order valence-corrected chi connectivity index (χ3v) is 6.30. The van der Waals surface area contributed by atoms with Crippen molar-refractivity contribution in [3.05, 3.63) is 60.6 Å². The molecule has 2 unspecified atom stereocenters. The largest absolute Gasteiger partial charge is 0.493 e. The number of rotatable bonds is 6. The van der Waals surface area contributed by atoms with Gasteiger partial charge in [0.1, 0.15) is 5.82 Å². The van der Waals surface area contributed by atoms with E-state index < -0.39 is 11.6 Å². The molecule has 2 bridgehead atoms. The first-order chi connectivity index (χ1) is 17.5. The highest BCUT2D eigenvalue weighted by Gasteiger charge is 2.35. The molecule has 2 N–H and O–H groups in total. The summed E-state index contributed by atoms with van der Waals surface area (Å²) in [6.07, 6.45) is 7.50. The van der Waals surface area contributed by atoms with Gasteiger partial charge in [0.25, 0.3) is 0 Å². The number of halogens is 2. The van der Waals surface area contributed by atoms with Gasteiger partial charge in [0.2, 0.25) is 5.95 Å². The van der Waals surface area contributed by atoms with E-state index in [1.54, 1.807) is 31.6 Å². The van der Waals surface area contributed by atoms with Crippen LogP contribution >= 0.6 is 0 Å². The Labute approximate surface area is 205 Å². The van der Waals surface area contributed by atoms with E-state index in [4.69, 9.17) is 9.47 Å². The summed E-state index contributed by atoms with van der Waals surface area (Å²) in [4.78, 5) is 19.8. The van der Waals surface area contributed by atoms with E-state index in [-0.39, 0.29) is 12.2 Å². The molecule has 9 nitrogen and oxygen atoms in total. The zero-order valence-corrected chi connectivity index (χ0v) is 19.4. The lowest BCUT2D eigenvalue weighted by Crippen LogP contribution is -2.43. The van der Waals surface area contributed by atoms with Crippen molar-refractivity contribution in [1.29, 1.82) is 0 Å². The lowest BCUT2D eigenvalue weighted by Gasteiger charge is -2.33. The number of anilines is 5. The molecular formula is C25H23F2N7O2. The van der Waals surface area contributed by atoms with E-state index >= 15 is 0 Å². The molecule has 6 rings (SSSR count). The number of ether oxygens (including phenoxy) is 2. The Morgan fingerprint density at radius 3 is 2.50 bits per heavy atom. The van der Waals surface area contributed by atoms with Gasteiger partial charge in [-0.15, -0.1) is 0 Å². The van der Waals surface area contributed by atoms with Crippen molar-refractivity contribution in [2.24, 2.45) is 0 Å². The molecule has 2 saturated heterocycles. The number of aromatic nitrogens is 4. The Morgan fingerprint density at radius 1 is 0.944 bits per heavy atom. The molecule has 5 heterocycles. The molecule has 0 saturated carbocycles. The second-order valence-electron chi connectivity index (χ2n) is 8.81. The van der Waals surface area contributed by atoms with Crippen molar-refractivity contribution in [1.82, 2.24) is 19.9 Å². The maximum absolute atomic E-state index is 13.6. The highest BCUT2D eigenvalue weighted by Crippen LogP contribution is 2.35. The first kappa shape index (κ1) is 22.4. The smallest absolute Gasteiger partial charge is 0.229 e. The zero-order chi connectivity index (χ0) is 24.6. The maximum Gasteiger partial charge on any atom is 0.229 e. The fourth-order valence-corrected chi connectivity index (χ4v) is 4.64. The fraction of sp³-hybridized carbons (Fsp3) is 0.280. The minimum Gasteiger partial charge on any atom is -0.493 e. The van der Waals surface area contributed by atoms with Gasteiger partial charge in [-0.1, -0.05) is 0 Å². The molecule has 0 amide bonds. The molecule has 0 radical (unpaired) electrons. The number of hydrogen-bond acceptors (Lipinski definition) is 9. The normalized spacial score (nSPS) is 18.9. The second kappa shape index (κ2) is 9.15. The topological polar surface area (TPSA) is 97.3 Å². The molecular weight excluding hydrogens is 468 g/mol. The average Bonchev–Trinajstić information content (AvgIpc) is 3.22. The summed E-state index contributed by atoms with van der Waals surface area (Å²) in [5.41, 5.74) is 1.61. The number of nitrogens with one attached hydrogen (secondary N) is 2. The third-order valence-electron chi connectivity index (χ3n) is 6.30. The molecule has 2 fully saturated rings. The summed E-state index contributed by atoms with van der Waals surface area (Å²) in [5.74, 6) is 0.435. The minimum atomic E-state index is -0.932. The summed E-state index contributed by atoms with van der Waals surface area (Å²) in [7, 11) is 1.62. The van der Waals surface area contributed by atoms with Crippen molar-refractivity contribution < 1.29 is 18.3 Å². The van der Waals surface area contributed by atoms with Crippen LogP contribution in [0.5, 0.6) is 5.75 Å². The van der Waals surface area contributed by atoms with Crippen LogP contribution in [0.15, 0.2) is 48.9 Å². The fourth-order valence-electron chi connectivity index (χ4n) is 4.64. The number of morpholine rings is 1. The summed E-state index contributed by atoms with van der Waals surface area (Å²) < 4.78 is 38.6. The summed E-state index contributed by atoms with van der Waals surface area (Å²) >= 11 is 0. The molecule has 2 aliphatic heterocycles. The van der Waals surface area contributed by atoms with E-state index in [1.165, 1.54) is 6.20 Å². The van der Waals surface area contributed by atoms with Crippen molar-refractivity contribution in [2.75, 3.05) is 35.7 Å². The lowest BCUT2D eigenvalue weighted by molar-refractivity contribution is 0.0301. The Morgan fingerprint density at radius 2 is 1.69 bits per heavy atom. The molecule has 0 aliphatic carbocycles. The van der Waals surface area contributed by atoms with E-state index in [2.05, 4.69) is 35.5 Å². The quantitative estimate of drug-likeness (QED) is 0.402. The number of fused-ring (bicyclic) bond motifs is 3. The summed E-state index contributed by atoms with van der Waals surface area (Å²) in [6, 6.07) is 7.41. The van der Waals surface area contributed by atoms with Crippen LogP contribution in [0.25, 0.3) is 10.9 Å². The molecule has 184 valence electrons. The predicted octanol–water partition coefficient (Wildman–Crippen LogP) is 4.56. The van der Waals surface area contributed by atoms with Crippen LogP contribution in [0.2, 0.25) is 0 Å². The first-order valence-electron chi connectivity index (χ1n) is 11.6. The van der Waals surface area contributed by atoms with Crippen molar-refractivity contribution in [3.63, 3.8) is 0 Å². The van der Waals surface area contributed by atoms with Gasteiger partial charge in [-0.05, 0) is 31.0 Å². The van der Waals surface area contributed by atoms with Crippen LogP contribution in [-0.2, 0) is 4.74 Å². The SMILES string of the molecule is COc1cc(Nc2nccc(Nc3cnc4cc(F)c(F)cc4c3)n2)cnc1N1CC2CCC(C1)O2. The third kappa shape index (κ3) is 4.44. The highest BCUT2D eigenvalue weighted by atomic mass is 19.2. The van der Waals surface area contributed by atoms with Gasteiger partial charge in [-0.2, -0.15) is 4.98 Å². The Balaban J connectivity index is 1.19. The first-order valence-corrected chi connectivity index (χ1v) is 11.6. The molecule has 2 aliphatic rings. The summed E-state index contributed by atoms with van der Waals surface area (Å²) in [5, 5.41) is 6.74. The van der Waals surface area contributed by atoms with Gasteiger partial charge in [0.05, 0.1) is 48.6 Å². The van der Waals surface area contributed by atoms with Crippen LogP contribution in [0.3, 0.4) is 0 Å². The van der Waals surface area contributed by atoms with E-state index in [1.807, 2.05) is 6.07 Å². The lowest BCUT2D eigenvalue weighted by atomic mass is 10.2. The molecule has 1 aromatic carbocycles. The van der Waals surface area contributed by atoms with Crippen molar-refractivity contribution >= 4 is 39.9 Å². The minimum absolute atomic E-state index is 0.245. The zero-order valence-electron chi connectivity index (χ0n) is 19.4. The second-order valence-corrected chi connectivity index (χ2v) is 8.81. The Kier molecular flexibility index (Phi) is 5.68. The number of hydrogen-bond donors (Lipinski definition) is 2. The van der Waals surface area contributed by atoms with E-state index in [0.29, 0.717) is 39.8 Å². The number of benzene rings is 1. The number of pyridine rings is 2. The van der Waals surface area contributed by atoms with Crippen LogP contribution in [-0.4, -0.2) is 52.3 Å². The molecule has 36 heavy (non-hydrogen) atoms. The monoisotopic (exact) mass is 491 g/mol. The predicted molar refractivity (Wildman–Crippen MR) is 131 cm³/mol. The van der Waals surface area contributed by atoms with Gasteiger partial charge in [0.15, 0.2) is 23.2 Å². The van der Waals surface area contributed by atoms with E-state index in [0.717, 1.165) is 43.9 Å². The standard InChI is InChI=1S/C25H23F2N7O2/c1-35-22-8-16(11-30-24(22)34-12-17-2-3-18(13-34)36-17)32-25-28-5-4-23(33-25)31-15-6-14-7-19(26)20(27)9-21(14)29-10-15/h4-11,17-18H,2-3,12-13H2,1H3,(H2,28,31,32,33). The van der Waals surface area contributed by atoms with Gasteiger partial charge in [-0.25, -0.2) is 18.7 Å². The molecule has 4 aromatic rings. The van der Waals surface area contributed by atoms with Gasteiger partial charge < -0.3 is 25.0 Å². The van der Waals surface area contributed by atoms with Crippen molar-refractivity contribution in [2.45, 2.75) is 25.0 Å². The maximum atomic E-state index is 13.6. The van der Waals surface area contributed by atoms with Gasteiger partial charge in [-0.3, -0.25) is 4.98 Å². The number of nitrogens with zero attached hydrogens (tertiary/aromatic N) is 5. The highest BCUT2D eigenvalue weighted by molar-refractivity contribution is 5.82.